The van der Waals surface area contributed by atoms with E-state index in [1.807, 2.05) is 41.8 Å². The van der Waals surface area contributed by atoms with E-state index in [9.17, 15) is 14.0 Å². The Balaban J connectivity index is 1.50. The molecule has 0 radical (unpaired) electrons. The highest BCUT2D eigenvalue weighted by Crippen LogP contribution is 2.29. The molecule has 30 heavy (non-hydrogen) atoms. The number of nitrogens with one attached hydrogen (secondary N) is 1. The number of rotatable bonds is 6. The monoisotopic (exact) mass is 423 g/mol. The van der Waals surface area contributed by atoms with Gasteiger partial charge in [0.15, 0.2) is 0 Å². The molecule has 1 fully saturated rings. The van der Waals surface area contributed by atoms with Gasteiger partial charge in [-0.25, -0.2) is 9.18 Å². The Bertz CT molecular complexity index is 1040. The summed E-state index contributed by atoms with van der Waals surface area (Å²) in [6.45, 7) is 1.52. The van der Waals surface area contributed by atoms with Crippen LogP contribution in [0.1, 0.15) is 16.9 Å². The molecule has 0 saturated carbocycles. The van der Waals surface area contributed by atoms with Gasteiger partial charge >= 0.3 is 6.03 Å². The number of amides is 3. The van der Waals surface area contributed by atoms with Gasteiger partial charge in [0.2, 0.25) is 5.91 Å². The lowest BCUT2D eigenvalue weighted by molar-refractivity contribution is -0.115. The zero-order valence-electron chi connectivity index (χ0n) is 16.4. The van der Waals surface area contributed by atoms with Crippen LogP contribution in [0.15, 0.2) is 66.0 Å². The molecule has 0 spiro atoms. The van der Waals surface area contributed by atoms with Crippen LogP contribution in [0.3, 0.4) is 0 Å². The molecule has 7 heteroatoms. The number of hydrogen-bond acceptors (Lipinski definition) is 3. The van der Waals surface area contributed by atoms with E-state index in [0.29, 0.717) is 37.4 Å². The number of benzene rings is 2. The number of carbonyl (C=O) groups is 2. The molecule has 1 aliphatic heterocycles. The summed E-state index contributed by atoms with van der Waals surface area (Å²) >= 11 is 1.54. The summed E-state index contributed by atoms with van der Waals surface area (Å²) in [4.78, 5) is 30.0. The van der Waals surface area contributed by atoms with E-state index in [2.05, 4.69) is 5.32 Å². The Morgan fingerprint density at radius 2 is 1.93 bits per heavy atom. The molecule has 154 valence electrons. The zero-order chi connectivity index (χ0) is 20.9. The van der Waals surface area contributed by atoms with Crippen molar-refractivity contribution in [3.8, 4) is 0 Å². The first kappa shape index (κ1) is 20.1. The van der Waals surface area contributed by atoms with E-state index >= 15 is 0 Å². The van der Waals surface area contributed by atoms with Crippen LogP contribution in [0.5, 0.6) is 0 Å². The van der Waals surface area contributed by atoms with E-state index in [1.54, 1.807) is 21.9 Å². The van der Waals surface area contributed by atoms with E-state index in [0.717, 1.165) is 16.9 Å². The molecule has 1 N–H and O–H groups in total. The van der Waals surface area contributed by atoms with Crippen molar-refractivity contribution in [2.75, 3.05) is 23.3 Å². The summed E-state index contributed by atoms with van der Waals surface area (Å²) < 4.78 is 13.5. The topological polar surface area (TPSA) is 52.7 Å². The van der Waals surface area contributed by atoms with Crippen LogP contribution in [0.25, 0.3) is 0 Å². The van der Waals surface area contributed by atoms with Gasteiger partial charge in [-0.15, -0.1) is 11.3 Å². The zero-order valence-corrected chi connectivity index (χ0v) is 17.2. The van der Waals surface area contributed by atoms with E-state index < -0.39 is 0 Å². The predicted molar refractivity (Wildman–Crippen MR) is 117 cm³/mol. The smallest absolute Gasteiger partial charge is 0.324 e. The number of nitrogens with zero attached hydrogens (tertiary/aromatic N) is 2. The minimum atomic E-state index is -0.312. The average molecular weight is 424 g/mol. The van der Waals surface area contributed by atoms with Crippen molar-refractivity contribution >= 4 is 34.6 Å². The van der Waals surface area contributed by atoms with Crippen molar-refractivity contribution < 1.29 is 14.0 Å². The predicted octanol–water partition coefficient (Wildman–Crippen LogP) is 4.90. The second-order valence-electron chi connectivity index (χ2n) is 7.16. The van der Waals surface area contributed by atoms with Crippen molar-refractivity contribution in [3.63, 3.8) is 0 Å². The fourth-order valence-electron chi connectivity index (χ4n) is 3.59. The van der Waals surface area contributed by atoms with Gasteiger partial charge in [0.25, 0.3) is 0 Å². The maximum absolute atomic E-state index is 13.5. The van der Waals surface area contributed by atoms with Gasteiger partial charge in [-0.2, -0.15) is 0 Å². The molecule has 0 unspecified atom stereocenters. The molecule has 0 bridgehead atoms. The molecule has 0 aliphatic carbocycles. The highest BCUT2D eigenvalue weighted by Gasteiger charge is 2.28. The molecule has 5 nitrogen and oxygen atoms in total. The molecule has 2 aromatic carbocycles. The lowest BCUT2D eigenvalue weighted by atomic mass is 10.1. The fraction of sp³-hybridized carbons (Fsp3) is 0.217. The molecule has 1 aliphatic rings. The SMILES string of the molecule is O=C(Cc1cccs1)Nc1ccccc1N1CCCN(Cc2cccc(F)c2)C1=O. The Labute approximate surface area is 178 Å². The van der Waals surface area contributed by atoms with Crippen molar-refractivity contribution in [1.29, 1.82) is 0 Å². The van der Waals surface area contributed by atoms with Crippen LogP contribution in [-0.2, 0) is 17.8 Å². The quantitative estimate of drug-likeness (QED) is 0.613. The highest BCUT2D eigenvalue weighted by molar-refractivity contribution is 7.10. The second kappa shape index (κ2) is 9.09. The van der Waals surface area contributed by atoms with Gasteiger partial charge in [-0.1, -0.05) is 30.3 Å². The van der Waals surface area contributed by atoms with Crippen LogP contribution < -0.4 is 10.2 Å². The van der Waals surface area contributed by atoms with Gasteiger partial charge in [0, 0.05) is 24.5 Å². The van der Waals surface area contributed by atoms with Gasteiger partial charge in [-0.3, -0.25) is 9.69 Å². The molecule has 3 amide bonds. The Morgan fingerprint density at radius 3 is 2.73 bits per heavy atom. The maximum Gasteiger partial charge on any atom is 0.324 e. The third-order valence-corrected chi connectivity index (χ3v) is 5.83. The Morgan fingerprint density at radius 1 is 1.07 bits per heavy atom. The first-order valence-electron chi connectivity index (χ1n) is 9.82. The van der Waals surface area contributed by atoms with Gasteiger partial charge < -0.3 is 10.2 Å². The van der Waals surface area contributed by atoms with Gasteiger partial charge in [0.05, 0.1) is 17.8 Å². The normalized spacial score (nSPS) is 14.1. The Kier molecular flexibility index (Phi) is 6.09. The first-order valence-corrected chi connectivity index (χ1v) is 10.7. The lowest BCUT2D eigenvalue weighted by Gasteiger charge is -2.36. The average Bonchev–Trinajstić information content (AvgIpc) is 3.23. The summed E-state index contributed by atoms with van der Waals surface area (Å²) in [6, 6.07) is 17.3. The summed E-state index contributed by atoms with van der Waals surface area (Å²) in [5.74, 6) is -0.432. The molecular weight excluding hydrogens is 401 g/mol. The Hall–Kier alpha value is -3.19. The van der Waals surface area contributed by atoms with Gasteiger partial charge in [-0.05, 0) is 47.7 Å². The van der Waals surface area contributed by atoms with E-state index in [-0.39, 0.29) is 17.8 Å². The molecule has 2 heterocycles. The minimum absolute atomic E-state index is 0.119. The summed E-state index contributed by atoms with van der Waals surface area (Å²) in [7, 11) is 0. The second-order valence-corrected chi connectivity index (χ2v) is 8.19. The number of hydrogen-bond donors (Lipinski definition) is 1. The number of urea groups is 1. The van der Waals surface area contributed by atoms with Crippen molar-refractivity contribution in [2.24, 2.45) is 0 Å². The van der Waals surface area contributed by atoms with E-state index in [1.165, 1.54) is 23.5 Å². The van der Waals surface area contributed by atoms with Crippen LogP contribution in [-0.4, -0.2) is 29.9 Å². The summed E-state index contributed by atoms with van der Waals surface area (Å²) in [6.07, 6.45) is 1.09. The van der Waals surface area contributed by atoms with E-state index in [4.69, 9.17) is 0 Å². The number of carbonyl (C=O) groups excluding carboxylic acids is 2. The molecule has 1 aromatic heterocycles. The van der Waals surface area contributed by atoms with Crippen LogP contribution >= 0.6 is 11.3 Å². The number of halogens is 1. The molecule has 4 rings (SSSR count). The van der Waals surface area contributed by atoms with Crippen LogP contribution in [0.4, 0.5) is 20.6 Å². The van der Waals surface area contributed by atoms with Crippen molar-refractivity contribution in [3.05, 3.63) is 82.3 Å². The largest absolute Gasteiger partial charge is 0.324 e. The summed E-state index contributed by atoms with van der Waals surface area (Å²) in [5, 5.41) is 4.89. The third-order valence-electron chi connectivity index (χ3n) is 4.96. The van der Waals surface area contributed by atoms with Crippen molar-refractivity contribution in [2.45, 2.75) is 19.4 Å². The highest BCUT2D eigenvalue weighted by atomic mass is 32.1. The number of para-hydroxylation sites is 2. The first-order chi connectivity index (χ1) is 14.6. The summed E-state index contributed by atoms with van der Waals surface area (Å²) in [5.41, 5.74) is 2.04. The standard InChI is InChI=1S/C23H22FN3O2S/c24-18-7-3-6-17(14-18)16-26-11-5-12-27(23(26)29)21-10-2-1-9-20(21)25-22(28)15-19-8-4-13-30-19/h1-4,6-10,13-14H,5,11-12,15-16H2,(H,25,28). The fourth-order valence-corrected chi connectivity index (χ4v) is 4.29. The minimum Gasteiger partial charge on any atom is -0.324 e. The third kappa shape index (κ3) is 4.68. The molecule has 3 aromatic rings. The van der Waals surface area contributed by atoms with Crippen LogP contribution in [0.2, 0.25) is 0 Å². The molecule has 1 saturated heterocycles. The lowest BCUT2D eigenvalue weighted by Crippen LogP contribution is -2.49. The van der Waals surface area contributed by atoms with Crippen molar-refractivity contribution in [1.82, 2.24) is 4.90 Å². The van der Waals surface area contributed by atoms with Crippen LogP contribution in [0, 0.1) is 5.82 Å². The van der Waals surface area contributed by atoms with Gasteiger partial charge in [0.1, 0.15) is 5.82 Å². The number of thiophene rings is 1. The number of anilines is 2. The maximum atomic E-state index is 13.5. The molecular formula is C23H22FN3O2S. The molecule has 0 atom stereocenters.